The fourth-order valence-corrected chi connectivity index (χ4v) is 4.37. The van der Waals surface area contributed by atoms with Gasteiger partial charge in [-0.1, -0.05) is 47.6 Å². The molecular formula is C22H24ClN3O3S. The van der Waals surface area contributed by atoms with Gasteiger partial charge in [-0.05, 0) is 43.2 Å². The average molecular weight is 446 g/mol. The molecule has 3 rings (SSSR count). The summed E-state index contributed by atoms with van der Waals surface area (Å²) < 4.78 is 5.14. The number of amides is 2. The van der Waals surface area contributed by atoms with Crippen LogP contribution in [0.1, 0.15) is 17.5 Å². The van der Waals surface area contributed by atoms with Crippen molar-refractivity contribution < 1.29 is 14.3 Å². The van der Waals surface area contributed by atoms with Gasteiger partial charge in [0.1, 0.15) is 5.25 Å². The molecule has 1 fully saturated rings. The summed E-state index contributed by atoms with van der Waals surface area (Å²) in [6.07, 6.45) is 0.0473. The molecule has 8 heteroatoms. The molecule has 2 aromatic carbocycles. The van der Waals surface area contributed by atoms with Crippen molar-refractivity contribution in [2.75, 3.05) is 25.6 Å². The van der Waals surface area contributed by atoms with Crippen LogP contribution in [-0.2, 0) is 14.3 Å². The van der Waals surface area contributed by atoms with E-state index < -0.39 is 5.25 Å². The number of carbonyl (C=O) groups is 2. The van der Waals surface area contributed by atoms with Crippen molar-refractivity contribution in [1.82, 2.24) is 4.90 Å². The minimum Gasteiger partial charge on any atom is -0.383 e. The van der Waals surface area contributed by atoms with Gasteiger partial charge in [-0.15, -0.1) is 0 Å². The summed E-state index contributed by atoms with van der Waals surface area (Å²) in [5.74, 6) is -0.377. The summed E-state index contributed by atoms with van der Waals surface area (Å²) in [4.78, 5) is 31.9. The number of para-hydroxylation sites is 1. The predicted octanol–water partition coefficient (Wildman–Crippen LogP) is 4.56. The lowest BCUT2D eigenvalue weighted by molar-refractivity contribution is -0.128. The minimum absolute atomic E-state index is 0.0473. The lowest BCUT2D eigenvalue weighted by atomic mass is 10.2. The summed E-state index contributed by atoms with van der Waals surface area (Å²) >= 11 is 7.43. The molecule has 30 heavy (non-hydrogen) atoms. The van der Waals surface area contributed by atoms with Gasteiger partial charge in [-0.25, -0.2) is 4.99 Å². The number of hydrogen-bond acceptors (Lipinski definition) is 5. The zero-order chi connectivity index (χ0) is 21.7. The molecule has 1 atom stereocenters. The Balaban J connectivity index is 1.76. The van der Waals surface area contributed by atoms with Gasteiger partial charge in [0.15, 0.2) is 5.17 Å². The first-order valence-corrected chi connectivity index (χ1v) is 10.8. The second-order valence-electron chi connectivity index (χ2n) is 6.93. The Morgan fingerprint density at radius 2 is 2.00 bits per heavy atom. The largest absolute Gasteiger partial charge is 0.383 e. The molecule has 0 aromatic heterocycles. The van der Waals surface area contributed by atoms with Crippen LogP contribution in [0.3, 0.4) is 0 Å². The Morgan fingerprint density at radius 1 is 1.23 bits per heavy atom. The second kappa shape index (κ2) is 10.1. The first kappa shape index (κ1) is 22.3. The van der Waals surface area contributed by atoms with Crippen molar-refractivity contribution in [3.63, 3.8) is 0 Å². The Bertz CT molecular complexity index is 980. The molecule has 0 unspecified atom stereocenters. The highest BCUT2D eigenvalue weighted by atomic mass is 35.5. The number of anilines is 1. The predicted molar refractivity (Wildman–Crippen MR) is 123 cm³/mol. The van der Waals surface area contributed by atoms with Crippen molar-refractivity contribution in [3.8, 4) is 0 Å². The normalized spacial score (nSPS) is 17.6. The van der Waals surface area contributed by atoms with Crippen molar-refractivity contribution in [3.05, 3.63) is 58.6 Å². The maximum Gasteiger partial charge on any atom is 0.242 e. The molecule has 158 valence electrons. The number of carbonyl (C=O) groups excluding carboxylic acids is 2. The number of rotatable bonds is 7. The van der Waals surface area contributed by atoms with E-state index in [1.807, 2.05) is 38.1 Å². The number of aryl methyl sites for hydroxylation is 1. The average Bonchev–Trinajstić information content (AvgIpc) is 3.00. The lowest BCUT2D eigenvalue weighted by Gasteiger charge is -2.16. The third-order valence-corrected chi connectivity index (χ3v) is 6.37. The summed E-state index contributed by atoms with van der Waals surface area (Å²) in [7, 11) is 1.59. The van der Waals surface area contributed by atoms with Crippen LogP contribution in [0.15, 0.2) is 47.5 Å². The van der Waals surface area contributed by atoms with E-state index in [-0.39, 0.29) is 18.2 Å². The first-order valence-electron chi connectivity index (χ1n) is 9.57. The number of ether oxygens (including phenoxy) is 1. The van der Waals surface area contributed by atoms with Gasteiger partial charge in [0, 0.05) is 24.2 Å². The number of amidine groups is 1. The van der Waals surface area contributed by atoms with Crippen LogP contribution in [0.2, 0.25) is 5.02 Å². The van der Waals surface area contributed by atoms with Gasteiger partial charge in [0.05, 0.1) is 18.8 Å². The molecule has 1 N–H and O–H groups in total. The van der Waals surface area contributed by atoms with E-state index >= 15 is 0 Å². The Labute approximate surface area is 185 Å². The Morgan fingerprint density at radius 3 is 2.73 bits per heavy atom. The van der Waals surface area contributed by atoms with Crippen LogP contribution < -0.4 is 5.32 Å². The third-order valence-electron chi connectivity index (χ3n) is 4.78. The third kappa shape index (κ3) is 5.22. The van der Waals surface area contributed by atoms with Crippen LogP contribution in [0, 0.1) is 13.8 Å². The van der Waals surface area contributed by atoms with E-state index in [1.165, 1.54) is 11.8 Å². The van der Waals surface area contributed by atoms with E-state index in [0.29, 0.717) is 29.0 Å². The molecule has 1 saturated heterocycles. The van der Waals surface area contributed by atoms with E-state index in [9.17, 15) is 9.59 Å². The number of thioether (sulfide) groups is 1. The van der Waals surface area contributed by atoms with Crippen molar-refractivity contribution in [2.45, 2.75) is 25.5 Å². The lowest BCUT2D eigenvalue weighted by Crippen LogP contribution is -2.35. The van der Waals surface area contributed by atoms with Gasteiger partial charge < -0.3 is 10.1 Å². The number of methoxy groups -OCH3 is 1. The highest BCUT2D eigenvalue weighted by Crippen LogP contribution is 2.33. The van der Waals surface area contributed by atoms with Crippen LogP contribution in [0.25, 0.3) is 0 Å². The molecule has 6 nitrogen and oxygen atoms in total. The molecule has 0 aliphatic carbocycles. The molecule has 2 amide bonds. The topological polar surface area (TPSA) is 71.0 Å². The fourth-order valence-electron chi connectivity index (χ4n) is 3.02. The Kier molecular flexibility index (Phi) is 7.53. The SMILES string of the molecule is COCCN1C(=O)[C@H](CC(=O)Nc2cccc(Cl)c2C)SC1=Nc1ccccc1C. The molecule has 1 aliphatic rings. The van der Waals surface area contributed by atoms with Crippen LogP contribution in [-0.4, -0.2) is 47.4 Å². The van der Waals surface area contributed by atoms with E-state index in [0.717, 1.165) is 16.8 Å². The number of aliphatic imine (C=N–C) groups is 1. The van der Waals surface area contributed by atoms with E-state index in [4.69, 9.17) is 16.3 Å². The summed E-state index contributed by atoms with van der Waals surface area (Å²) in [6, 6.07) is 13.1. The first-order chi connectivity index (χ1) is 14.4. The van der Waals surface area contributed by atoms with Crippen LogP contribution in [0.5, 0.6) is 0 Å². The zero-order valence-corrected chi connectivity index (χ0v) is 18.7. The Hall–Kier alpha value is -2.35. The van der Waals surface area contributed by atoms with Gasteiger partial charge in [0.2, 0.25) is 11.8 Å². The molecular weight excluding hydrogens is 422 g/mol. The molecule has 2 aromatic rings. The standard InChI is InChI=1S/C22H24ClN3O3S/c1-14-7-4-5-9-17(14)25-22-26(11-12-29-3)21(28)19(30-22)13-20(27)24-18-10-6-8-16(23)15(18)2/h4-10,19H,11-13H2,1-3H3,(H,24,27)/t19-/m0/s1. The van der Waals surface area contributed by atoms with Crippen LogP contribution >= 0.6 is 23.4 Å². The van der Waals surface area contributed by atoms with Gasteiger partial charge >= 0.3 is 0 Å². The molecule has 0 spiro atoms. The highest BCUT2D eigenvalue weighted by molar-refractivity contribution is 8.15. The van der Waals surface area contributed by atoms with Crippen molar-refractivity contribution >= 4 is 51.7 Å². The number of hydrogen-bond donors (Lipinski definition) is 1. The number of halogens is 1. The maximum atomic E-state index is 13.0. The number of benzene rings is 2. The monoisotopic (exact) mass is 445 g/mol. The number of nitrogens with zero attached hydrogens (tertiary/aromatic N) is 2. The van der Waals surface area contributed by atoms with E-state index in [2.05, 4.69) is 10.3 Å². The van der Waals surface area contributed by atoms with Crippen molar-refractivity contribution in [2.24, 2.45) is 4.99 Å². The molecule has 0 radical (unpaired) electrons. The zero-order valence-electron chi connectivity index (χ0n) is 17.1. The molecule has 0 bridgehead atoms. The van der Waals surface area contributed by atoms with Gasteiger partial charge in [-0.2, -0.15) is 0 Å². The van der Waals surface area contributed by atoms with E-state index in [1.54, 1.807) is 30.2 Å². The molecule has 0 saturated carbocycles. The number of nitrogens with one attached hydrogen (secondary N) is 1. The maximum absolute atomic E-state index is 13.0. The summed E-state index contributed by atoms with van der Waals surface area (Å²) in [5.41, 5.74) is 3.26. The van der Waals surface area contributed by atoms with Crippen LogP contribution in [0.4, 0.5) is 11.4 Å². The quantitative estimate of drug-likeness (QED) is 0.678. The van der Waals surface area contributed by atoms with Crippen molar-refractivity contribution in [1.29, 1.82) is 0 Å². The summed E-state index contributed by atoms with van der Waals surface area (Å²) in [6.45, 7) is 4.59. The fraction of sp³-hybridized carbons (Fsp3) is 0.318. The second-order valence-corrected chi connectivity index (χ2v) is 8.51. The van der Waals surface area contributed by atoms with Gasteiger partial charge in [0.25, 0.3) is 0 Å². The summed E-state index contributed by atoms with van der Waals surface area (Å²) in [5, 5.41) is 3.49. The molecule has 1 aliphatic heterocycles. The highest BCUT2D eigenvalue weighted by Gasteiger charge is 2.39. The minimum atomic E-state index is -0.538. The molecule has 1 heterocycles. The smallest absolute Gasteiger partial charge is 0.242 e. The van der Waals surface area contributed by atoms with Gasteiger partial charge in [-0.3, -0.25) is 14.5 Å².